The molecule has 0 saturated carbocycles. The number of hydrogen-bond acceptors (Lipinski definition) is 6. The van der Waals surface area contributed by atoms with Gasteiger partial charge >= 0.3 is 5.97 Å². The molecule has 0 aliphatic heterocycles. The first kappa shape index (κ1) is 13.5. The van der Waals surface area contributed by atoms with Gasteiger partial charge in [-0.3, -0.25) is 4.79 Å². The maximum absolute atomic E-state index is 11.1. The molecule has 0 aromatic carbocycles. The lowest BCUT2D eigenvalue weighted by Gasteiger charge is -2.15. The highest BCUT2D eigenvalue weighted by molar-refractivity contribution is 7.99. The number of thioether (sulfide) groups is 1. The molecule has 0 spiro atoms. The summed E-state index contributed by atoms with van der Waals surface area (Å²) in [5.74, 6) is 0.140. The fraction of sp³-hybridized carbons (Fsp3) is 0.500. The number of thiophene rings is 1. The normalized spacial score (nSPS) is 14.4. The van der Waals surface area contributed by atoms with E-state index >= 15 is 0 Å². The first-order chi connectivity index (χ1) is 7.69. The summed E-state index contributed by atoms with van der Waals surface area (Å²) in [5, 5.41) is 2.22. The van der Waals surface area contributed by atoms with Crippen molar-refractivity contribution >= 4 is 29.1 Å². The third kappa shape index (κ3) is 3.79. The highest BCUT2D eigenvalue weighted by Gasteiger charge is 2.18. The highest BCUT2D eigenvalue weighted by Crippen LogP contribution is 2.31. The highest BCUT2D eigenvalue weighted by atomic mass is 32.2. The number of methoxy groups -OCH3 is 1. The number of nitrogens with two attached hydrogens (primary N) is 2. The lowest BCUT2D eigenvalue weighted by molar-refractivity contribution is -0.141. The van der Waals surface area contributed by atoms with Gasteiger partial charge in [0.1, 0.15) is 6.04 Å². The summed E-state index contributed by atoms with van der Waals surface area (Å²) in [5.41, 5.74) is 11.3. The SMILES string of the molecule is COC(=O)[C@@H](N)CSC(CN)c1cccs1. The van der Waals surface area contributed by atoms with Gasteiger partial charge in [-0.05, 0) is 11.4 Å². The minimum atomic E-state index is -0.580. The van der Waals surface area contributed by atoms with Gasteiger partial charge in [-0.2, -0.15) is 0 Å². The second-order valence-corrected chi connectivity index (χ2v) is 5.42. The van der Waals surface area contributed by atoms with Crippen molar-refractivity contribution in [2.45, 2.75) is 11.3 Å². The average Bonchev–Trinajstić information content (AvgIpc) is 2.82. The number of rotatable bonds is 6. The van der Waals surface area contributed by atoms with Crippen molar-refractivity contribution in [3.63, 3.8) is 0 Å². The van der Waals surface area contributed by atoms with E-state index in [2.05, 4.69) is 4.74 Å². The number of carbonyl (C=O) groups is 1. The van der Waals surface area contributed by atoms with Gasteiger partial charge in [0, 0.05) is 17.2 Å². The lowest BCUT2D eigenvalue weighted by atomic mass is 10.3. The van der Waals surface area contributed by atoms with Crippen molar-refractivity contribution in [2.75, 3.05) is 19.4 Å². The quantitative estimate of drug-likeness (QED) is 0.746. The van der Waals surface area contributed by atoms with Crippen LogP contribution in [0.15, 0.2) is 17.5 Å². The van der Waals surface area contributed by atoms with Gasteiger partial charge in [-0.25, -0.2) is 0 Å². The molecule has 1 rings (SSSR count). The summed E-state index contributed by atoms with van der Waals surface area (Å²) in [6.07, 6.45) is 0. The number of hydrogen-bond donors (Lipinski definition) is 2. The van der Waals surface area contributed by atoms with Crippen LogP contribution in [0.2, 0.25) is 0 Å². The monoisotopic (exact) mass is 260 g/mol. The molecule has 0 aliphatic carbocycles. The summed E-state index contributed by atoms with van der Waals surface area (Å²) in [6.45, 7) is 0.541. The molecule has 4 N–H and O–H groups in total. The van der Waals surface area contributed by atoms with Crippen LogP contribution in [0.1, 0.15) is 10.1 Å². The molecule has 0 amide bonds. The fourth-order valence-electron chi connectivity index (χ4n) is 1.18. The van der Waals surface area contributed by atoms with E-state index in [1.165, 1.54) is 12.0 Å². The van der Waals surface area contributed by atoms with Crippen molar-refractivity contribution < 1.29 is 9.53 Å². The number of ether oxygens (including phenoxy) is 1. The van der Waals surface area contributed by atoms with E-state index in [1.807, 2.05) is 17.5 Å². The largest absolute Gasteiger partial charge is 0.468 e. The fourth-order valence-corrected chi connectivity index (χ4v) is 3.22. The third-order valence-corrected chi connectivity index (χ3v) is 4.59. The van der Waals surface area contributed by atoms with Crippen molar-refractivity contribution in [3.8, 4) is 0 Å². The van der Waals surface area contributed by atoms with Crippen LogP contribution in [0.5, 0.6) is 0 Å². The van der Waals surface area contributed by atoms with Crippen LogP contribution in [0.4, 0.5) is 0 Å². The Kier molecular flexibility index (Phi) is 5.83. The summed E-state index contributed by atoms with van der Waals surface area (Å²) in [4.78, 5) is 12.3. The Bertz CT molecular complexity index is 317. The standard InChI is InChI=1S/C10H16N2O2S2/c1-14-10(13)7(12)6-16-9(5-11)8-3-2-4-15-8/h2-4,7,9H,5-6,11-12H2,1H3/t7-,9?/m0/s1. The first-order valence-corrected chi connectivity index (χ1v) is 6.80. The molecule has 4 nitrogen and oxygen atoms in total. The predicted octanol–water partition coefficient (Wildman–Crippen LogP) is 0.981. The maximum Gasteiger partial charge on any atom is 0.323 e. The molecule has 0 bridgehead atoms. The number of carbonyl (C=O) groups excluding carboxylic acids is 1. The molecule has 1 unspecified atom stereocenters. The van der Waals surface area contributed by atoms with E-state index in [1.54, 1.807) is 23.1 Å². The molecule has 16 heavy (non-hydrogen) atoms. The van der Waals surface area contributed by atoms with Crippen LogP contribution < -0.4 is 11.5 Å². The van der Waals surface area contributed by atoms with Crippen molar-refractivity contribution in [1.29, 1.82) is 0 Å². The molecule has 0 aliphatic rings. The van der Waals surface area contributed by atoms with Crippen LogP contribution in [0.25, 0.3) is 0 Å². The minimum absolute atomic E-state index is 0.204. The van der Waals surface area contributed by atoms with Crippen LogP contribution in [-0.4, -0.2) is 31.4 Å². The van der Waals surface area contributed by atoms with Gasteiger partial charge in [0.2, 0.25) is 0 Å². The van der Waals surface area contributed by atoms with Gasteiger partial charge in [0.25, 0.3) is 0 Å². The molecular weight excluding hydrogens is 244 g/mol. The van der Waals surface area contributed by atoms with Gasteiger partial charge in [-0.1, -0.05) is 6.07 Å². The molecule has 0 radical (unpaired) electrons. The van der Waals surface area contributed by atoms with Gasteiger partial charge < -0.3 is 16.2 Å². The molecule has 6 heteroatoms. The zero-order valence-corrected chi connectivity index (χ0v) is 10.7. The van der Waals surface area contributed by atoms with Crippen LogP contribution in [-0.2, 0) is 9.53 Å². The van der Waals surface area contributed by atoms with E-state index < -0.39 is 6.04 Å². The van der Waals surface area contributed by atoms with Gasteiger partial charge in [0.15, 0.2) is 0 Å². The van der Waals surface area contributed by atoms with Crippen LogP contribution in [0.3, 0.4) is 0 Å². The van der Waals surface area contributed by atoms with Crippen molar-refractivity contribution in [3.05, 3.63) is 22.4 Å². The van der Waals surface area contributed by atoms with E-state index in [0.29, 0.717) is 12.3 Å². The zero-order chi connectivity index (χ0) is 12.0. The smallest absolute Gasteiger partial charge is 0.323 e. The Hall–Kier alpha value is -0.560. The second-order valence-electron chi connectivity index (χ2n) is 3.20. The predicted molar refractivity (Wildman–Crippen MR) is 68.6 cm³/mol. The van der Waals surface area contributed by atoms with Crippen LogP contribution in [0, 0.1) is 0 Å². The summed E-state index contributed by atoms with van der Waals surface area (Å²) >= 11 is 3.25. The first-order valence-electron chi connectivity index (χ1n) is 4.87. The summed E-state index contributed by atoms with van der Waals surface area (Å²) < 4.78 is 4.56. The van der Waals surface area contributed by atoms with Crippen molar-refractivity contribution in [1.82, 2.24) is 0 Å². The lowest BCUT2D eigenvalue weighted by Crippen LogP contribution is -2.34. The molecule has 0 fully saturated rings. The molecule has 2 atom stereocenters. The van der Waals surface area contributed by atoms with E-state index in [-0.39, 0.29) is 11.2 Å². The minimum Gasteiger partial charge on any atom is -0.468 e. The summed E-state index contributed by atoms with van der Waals surface area (Å²) in [7, 11) is 1.34. The molecule has 1 aromatic rings. The van der Waals surface area contributed by atoms with E-state index in [4.69, 9.17) is 11.5 Å². The zero-order valence-electron chi connectivity index (χ0n) is 9.09. The number of esters is 1. The van der Waals surface area contributed by atoms with Gasteiger partial charge in [0.05, 0.1) is 12.4 Å². The van der Waals surface area contributed by atoms with E-state index in [0.717, 1.165) is 0 Å². The Balaban J connectivity index is 2.43. The molecule has 90 valence electrons. The topological polar surface area (TPSA) is 78.3 Å². The second kappa shape index (κ2) is 6.90. The Morgan fingerprint density at radius 3 is 2.94 bits per heavy atom. The molecule has 0 saturated heterocycles. The van der Waals surface area contributed by atoms with Crippen molar-refractivity contribution in [2.24, 2.45) is 11.5 Å². The van der Waals surface area contributed by atoms with Gasteiger partial charge in [-0.15, -0.1) is 23.1 Å². The molecular formula is C10H16N2O2S2. The maximum atomic E-state index is 11.1. The summed E-state index contributed by atoms with van der Waals surface area (Å²) in [6, 6.07) is 3.45. The Morgan fingerprint density at radius 1 is 1.69 bits per heavy atom. The van der Waals surface area contributed by atoms with E-state index in [9.17, 15) is 4.79 Å². The van der Waals surface area contributed by atoms with Crippen LogP contribution >= 0.6 is 23.1 Å². The molecule has 1 heterocycles. The third-order valence-electron chi connectivity index (χ3n) is 2.06. The Morgan fingerprint density at radius 2 is 2.44 bits per heavy atom. The Labute approximate surface area is 103 Å². The average molecular weight is 260 g/mol. The molecule has 1 aromatic heterocycles.